The van der Waals surface area contributed by atoms with E-state index in [9.17, 15) is 18.0 Å². The Morgan fingerprint density at radius 2 is 1.87 bits per heavy atom. The van der Waals surface area contributed by atoms with Crippen LogP contribution < -0.4 is 4.74 Å². The topological polar surface area (TPSA) is 29.5 Å². The van der Waals surface area contributed by atoms with Gasteiger partial charge in [0, 0.05) is 18.8 Å². The molecule has 0 spiro atoms. The number of hydrogen-bond donors (Lipinski definition) is 0. The van der Waals surface area contributed by atoms with E-state index in [4.69, 9.17) is 4.74 Å². The van der Waals surface area contributed by atoms with Gasteiger partial charge >= 0.3 is 6.18 Å². The van der Waals surface area contributed by atoms with Crippen molar-refractivity contribution in [1.29, 1.82) is 0 Å². The molecule has 3 nitrogen and oxygen atoms in total. The summed E-state index contributed by atoms with van der Waals surface area (Å²) in [4.78, 5) is 13.8. The number of rotatable bonds is 3. The van der Waals surface area contributed by atoms with Gasteiger partial charge in [0.1, 0.15) is 11.3 Å². The molecule has 0 aliphatic rings. The molecule has 0 heterocycles. The van der Waals surface area contributed by atoms with Crippen LogP contribution in [0.5, 0.6) is 5.75 Å². The van der Waals surface area contributed by atoms with Crippen molar-refractivity contribution in [2.24, 2.45) is 0 Å². The highest BCUT2D eigenvalue weighted by Gasteiger charge is 2.36. The fraction of sp³-hybridized carbons (Fsp3) is 0.235. The first kappa shape index (κ1) is 16.9. The number of amides is 1. The standard InChI is InChI=1S/C17H16F3NO2/c1-4-10-21(2)16(22)13-7-5-6-12-11(13)8-9-14(23-3)15(12)17(18,19)20/h4-10H,1-3H3/b10-4+. The number of halogens is 3. The molecule has 0 saturated heterocycles. The van der Waals surface area contributed by atoms with E-state index in [0.717, 1.165) is 0 Å². The van der Waals surface area contributed by atoms with Crippen LogP contribution in [0.15, 0.2) is 42.6 Å². The quantitative estimate of drug-likeness (QED) is 0.834. The number of nitrogens with zero attached hydrogens (tertiary/aromatic N) is 1. The minimum absolute atomic E-state index is 0.0587. The molecule has 0 unspecified atom stereocenters. The van der Waals surface area contributed by atoms with Gasteiger partial charge in [-0.2, -0.15) is 13.2 Å². The van der Waals surface area contributed by atoms with Crippen molar-refractivity contribution >= 4 is 16.7 Å². The minimum atomic E-state index is -4.58. The van der Waals surface area contributed by atoms with Gasteiger partial charge in [-0.1, -0.05) is 18.2 Å². The van der Waals surface area contributed by atoms with Gasteiger partial charge in [-0.05, 0) is 35.9 Å². The summed E-state index contributed by atoms with van der Waals surface area (Å²) < 4.78 is 45.0. The lowest BCUT2D eigenvalue weighted by Crippen LogP contribution is -2.21. The second-order valence-corrected chi connectivity index (χ2v) is 4.94. The molecule has 0 bridgehead atoms. The molecular formula is C17H16F3NO2. The number of benzene rings is 2. The third-order valence-corrected chi connectivity index (χ3v) is 3.45. The monoisotopic (exact) mass is 323 g/mol. The van der Waals surface area contributed by atoms with E-state index in [1.54, 1.807) is 26.2 Å². The Bertz CT molecular complexity index is 766. The molecule has 0 aliphatic carbocycles. The molecule has 2 aromatic carbocycles. The van der Waals surface area contributed by atoms with Gasteiger partial charge in [0.25, 0.3) is 5.91 Å². The molecule has 0 N–H and O–H groups in total. The van der Waals surface area contributed by atoms with Crippen LogP contribution in [0.4, 0.5) is 13.2 Å². The fourth-order valence-electron chi connectivity index (χ4n) is 2.47. The average molecular weight is 323 g/mol. The van der Waals surface area contributed by atoms with Gasteiger partial charge in [-0.3, -0.25) is 4.79 Å². The second-order valence-electron chi connectivity index (χ2n) is 4.94. The van der Waals surface area contributed by atoms with Crippen LogP contribution in [0.25, 0.3) is 10.8 Å². The molecule has 2 rings (SSSR count). The molecule has 122 valence electrons. The highest BCUT2D eigenvalue weighted by molar-refractivity contribution is 6.08. The Morgan fingerprint density at radius 3 is 2.43 bits per heavy atom. The van der Waals surface area contributed by atoms with Crippen molar-refractivity contribution in [2.45, 2.75) is 13.1 Å². The van der Waals surface area contributed by atoms with Crippen molar-refractivity contribution in [2.75, 3.05) is 14.2 Å². The lowest BCUT2D eigenvalue weighted by molar-refractivity contribution is -0.137. The molecule has 2 aromatic rings. The molecule has 1 amide bonds. The van der Waals surface area contributed by atoms with Crippen molar-refractivity contribution in [1.82, 2.24) is 4.90 Å². The fourth-order valence-corrected chi connectivity index (χ4v) is 2.47. The zero-order valence-electron chi connectivity index (χ0n) is 12.9. The summed E-state index contributed by atoms with van der Waals surface area (Å²) in [5.74, 6) is -0.650. The van der Waals surface area contributed by atoms with E-state index < -0.39 is 11.7 Å². The first-order valence-electron chi connectivity index (χ1n) is 6.88. The highest BCUT2D eigenvalue weighted by Crippen LogP contribution is 2.41. The Kier molecular flexibility index (Phi) is 4.63. The summed E-state index contributed by atoms with van der Waals surface area (Å²) in [7, 11) is 2.74. The van der Waals surface area contributed by atoms with Crippen LogP contribution >= 0.6 is 0 Å². The highest BCUT2D eigenvalue weighted by atomic mass is 19.4. The van der Waals surface area contributed by atoms with E-state index in [0.29, 0.717) is 0 Å². The van der Waals surface area contributed by atoms with Crippen molar-refractivity contribution in [3.8, 4) is 5.75 Å². The molecule has 0 aromatic heterocycles. The third-order valence-electron chi connectivity index (χ3n) is 3.45. The van der Waals surface area contributed by atoms with Crippen molar-refractivity contribution in [3.63, 3.8) is 0 Å². The Labute approximate surface area is 132 Å². The number of fused-ring (bicyclic) bond motifs is 1. The van der Waals surface area contributed by atoms with Gasteiger partial charge in [-0.15, -0.1) is 0 Å². The average Bonchev–Trinajstić information content (AvgIpc) is 2.51. The molecule has 0 saturated carbocycles. The lowest BCUT2D eigenvalue weighted by Gasteiger charge is -2.18. The predicted octanol–water partition coefficient (Wildman–Crippen LogP) is 4.47. The smallest absolute Gasteiger partial charge is 0.420 e. The number of methoxy groups -OCH3 is 1. The number of ether oxygens (including phenoxy) is 1. The minimum Gasteiger partial charge on any atom is -0.496 e. The normalized spacial score (nSPS) is 11.9. The Hall–Kier alpha value is -2.50. The lowest BCUT2D eigenvalue weighted by atomic mass is 9.98. The molecule has 23 heavy (non-hydrogen) atoms. The van der Waals surface area contributed by atoms with Crippen LogP contribution in [-0.2, 0) is 6.18 Å². The summed E-state index contributed by atoms with van der Waals surface area (Å²) in [6.07, 6.45) is -1.36. The van der Waals surface area contributed by atoms with Gasteiger partial charge < -0.3 is 9.64 Å². The maximum Gasteiger partial charge on any atom is 0.420 e. The third kappa shape index (κ3) is 3.16. The van der Waals surface area contributed by atoms with Crippen LogP contribution in [0, 0.1) is 0 Å². The molecular weight excluding hydrogens is 307 g/mol. The zero-order valence-corrected chi connectivity index (χ0v) is 12.9. The van der Waals surface area contributed by atoms with Gasteiger partial charge in [-0.25, -0.2) is 0 Å². The van der Waals surface area contributed by atoms with E-state index in [1.165, 1.54) is 42.3 Å². The number of carbonyl (C=O) groups excluding carboxylic acids is 1. The largest absolute Gasteiger partial charge is 0.496 e. The molecule has 6 heteroatoms. The van der Waals surface area contributed by atoms with Crippen molar-refractivity contribution < 1.29 is 22.7 Å². The Morgan fingerprint density at radius 1 is 1.17 bits per heavy atom. The van der Waals surface area contributed by atoms with Crippen LogP contribution in [0.3, 0.4) is 0 Å². The SMILES string of the molecule is C/C=C/N(C)C(=O)c1cccc2c(C(F)(F)F)c(OC)ccc12. The van der Waals surface area contributed by atoms with E-state index in [-0.39, 0.29) is 28.0 Å². The Balaban J connectivity index is 2.75. The first-order chi connectivity index (χ1) is 10.8. The number of carbonyl (C=O) groups is 1. The summed E-state index contributed by atoms with van der Waals surface area (Å²) in [5, 5.41) is 0.179. The second kappa shape index (κ2) is 6.32. The molecule has 0 fully saturated rings. The summed E-state index contributed by atoms with van der Waals surface area (Å²) in [6.45, 7) is 1.75. The summed E-state index contributed by atoms with van der Waals surface area (Å²) >= 11 is 0. The van der Waals surface area contributed by atoms with Crippen LogP contribution in [0.2, 0.25) is 0 Å². The maximum absolute atomic E-state index is 13.4. The van der Waals surface area contributed by atoms with E-state index >= 15 is 0 Å². The van der Waals surface area contributed by atoms with E-state index in [1.807, 2.05) is 0 Å². The van der Waals surface area contributed by atoms with Crippen LogP contribution in [0.1, 0.15) is 22.8 Å². The maximum atomic E-state index is 13.4. The molecule has 0 radical (unpaired) electrons. The summed E-state index contributed by atoms with van der Waals surface area (Å²) in [5.41, 5.74) is -0.669. The van der Waals surface area contributed by atoms with Gasteiger partial charge in [0.2, 0.25) is 0 Å². The molecule has 0 atom stereocenters. The van der Waals surface area contributed by atoms with Gasteiger partial charge in [0.15, 0.2) is 0 Å². The molecule has 0 aliphatic heterocycles. The first-order valence-corrected chi connectivity index (χ1v) is 6.88. The van der Waals surface area contributed by atoms with Crippen molar-refractivity contribution in [3.05, 3.63) is 53.7 Å². The predicted molar refractivity (Wildman–Crippen MR) is 82.4 cm³/mol. The van der Waals surface area contributed by atoms with Crippen LogP contribution in [-0.4, -0.2) is 25.0 Å². The van der Waals surface area contributed by atoms with E-state index in [2.05, 4.69) is 0 Å². The number of hydrogen-bond acceptors (Lipinski definition) is 2. The summed E-state index contributed by atoms with van der Waals surface area (Å²) in [6, 6.07) is 7.00. The zero-order chi connectivity index (χ0) is 17.2. The number of allylic oxidation sites excluding steroid dienone is 1. The number of alkyl halides is 3. The van der Waals surface area contributed by atoms with Gasteiger partial charge in [0.05, 0.1) is 7.11 Å².